The van der Waals surface area contributed by atoms with E-state index in [9.17, 15) is 4.79 Å². The van der Waals surface area contributed by atoms with E-state index in [1.807, 2.05) is 6.92 Å². The summed E-state index contributed by atoms with van der Waals surface area (Å²) in [6.07, 6.45) is 1.51. The van der Waals surface area contributed by atoms with E-state index >= 15 is 0 Å². The highest BCUT2D eigenvalue weighted by atomic mass is 35.5. The highest BCUT2D eigenvalue weighted by Gasteiger charge is 2.03. The molecule has 0 unspecified atom stereocenters. The number of rotatable bonds is 6. The number of anilines is 1. The standard InChI is InChI=1S/C15H16ClN3O3/c1-2-21-12-3-5-13(6-4-12)22-10-18-15(20)19-14-9-11(16)7-8-17-14/h3-9H,2,10H2,1H3,(H2,17,18,19,20). The normalized spacial score (nSPS) is 9.91. The molecule has 0 bridgehead atoms. The molecule has 7 heteroatoms. The molecule has 0 fully saturated rings. The molecule has 116 valence electrons. The first-order valence-electron chi connectivity index (χ1n) is 6.69. The van der Waals surface area contributed by atoms with E-state index in [-0.39, 0.29) is 6.73 Å². The molecular weight excluding hydrogens is 306 g/mol. The second-order valence-corrected chi connectivity index (χ2v) is 4.62. The molecular formula is C15H16ClN3O3. The number of ether oxygens (including phenoxy) is 2. The predicted molar refractivity (Wildman–Crippen MR) is 84.5 cm³/mol. The summed E-state index contributed by atoms with van der Waals surface area (Å²) in [6.45, 7) is 2.56. The highest BCUT2D eigenvalue weighted by molar-refractivity contribution is 6.30. The minimum Gasteiger partial charge on any atom is -0.494 e. The number of carbonyl (C=O) groups is 1. The zero-order valence-electron chi connectivity index (χ0n) is 12.0. The average molecular weight is 322 g/mol. The van der Waals surface area contributed by atoms with E-state index in [2.05, 4.69) is 15.6 Å². The van der Waals surface area contributed by atoms with Gasteiger partial charge in [0, 0.05) is 11.2 Å². The third-order valence-corrected chi connectivity index (χ3v) is 2.80. The van der Waals surface area contributed by atoms with Gasteiger partial charge in [0.1, 0.15) is 17.3 Å². The van der Waals surface area contributed by atoms with Crippen molar-refractivity contribution in [3.63, 3.8) is 0 Å². The van der Waals surface area contributed by atoms with Crippen LogP contribution in [0.3, 0.4) is 0 Å². The van der Waals surface area contributed by atoms with Crippen LogP contribution in [0.25, 0.3) is 0 Å². The van der Waals surface area contributed by atoms with Gasteiger partial charge in [-0.2, -0.15) is 0 Å². The largest absolute Gasteiger partial charge is 0.494 e. The molecule has 0 saturated carbocycles. The van der Waals surface area contributed by atoms with Crippen molar-refractivity contribution in [2.24, 2.45) is 0 Å². The molecule has 1 aromatic heterocycles. The van der Waals surface area contributed by atoms with Crippen molar-refractivity contribution in [3.05, 3.63) is 47.6 Å². The number of pyridine rings is 1. The third-order valence-electron chi connectivity index (χ3n) is 2.57. The van der Waals surface area contributed by atoms with Gasteiger partial charge in [0.15, 0.2) is 6.73 Å². The molecule has 1 aromatic carbocycles. The lowest BCUT2D eigenvalue weighted by atomic mass is 10.3. The van der Waals surface area contributed by atoms with Crippen LogP contribution >= 0.6 is 11.6 Å². The summed E-state index contributed by atoms with van der Waals surface area (Å²) in [5.41, 5.74) is 0. The fourth-order valence-electron chi connectivity index (χ4n) is 1.62. The summed E-state index contributed by atoms with van der Waals surface area (Å²) in [6, 6.07) is 9.88. The lowest BCUT2D eigenvalue weighted by Gasteiger charge is -2.09. The van der Waals surface area contributed by atoms with Crippen molar-refractivity contribution < 1.29 is 14.3 Å². The Bertz CT molecular complexity index is 620. The first-order valence-corrected chi connectivity index (χ1v) is 7.07. The number of nitrogens with one attached hydrogen (secondary N) is 2. The Hall–Kier alpha value is -2.47. The number of amides is 2. The number of urea groups is 1. The lowest BCUT2D eigenvalue weighted by molar-refractivity contribution is 0.234. The van der Waals surface area contributed by atoms with Crippen LogP contribution in [-0.4, -0.2) is 24.4 Å². The van der Waals surface area contributed by atoms with E-state index < -0.39 is 6.03 Å². The third kappa shape index (κ3) is 5.14. The second kappa shape index (κ2) is 8.09. The molecule has 2 rings (SSSR count). The zero-order chi connectivity index (χ0) is 15.8. The van der Waals surface area contributed by atoms with Gasteiger partial charge in [-0.25, -0.2) is 9.78 Å². The van der Waals surface area contributed by atoms with Crippen molar-refractivity contribution in [1.29, 1.82) is 0 Å². The quantitative estimate of drug-likeness (QED) is 0.801. The van der Waals surface area contributed by atoms with E-state index in [1.54, 1.807) is 36.4 Å². The van der Waals surface area contributed by atoms with E-state index in [1.165, 1.54) is 6.20 Å². The molecule has 0 aliphatic heterocycles. The summed E-state index contributed by atoms with van der Waals surface area (Å²) >= 11 is 5.80. The van der Waals surface area contributed by atoms with Gasteiger partial charge >= 0.3 is 6.03 Å². The number of hydrogen-bond acceptors (Lipinski definition) is 4. The van der Waals surface area contributed by atoms with Crippen LogP contribution in [0.2, 0.25) is 5.02 Å². The van der Waals surface area contributed by atoms with Crippen molar-refractivity contribution >= 4 is 23.4 Å². The van der Waals surface area contributed by atoms with Crippen LogP contribution in [0, 0.1) is 0 Å². The van der Waals surface area contributed by atoms with Gasteiger partial charge in [0.2, 0.25) is 0 Å². The van der Waals surface area contributed by atoms with Gasteiger partial charge in [-0.1, -0.05) is 11.6 Å². The van der Waals surface area contributed by atoms with Gasteiger partial charge < -0.3 is 14.8 Å². The lowest BCUT2D eigenvalue weighted by Crippen LogP contribution is -2.32. The Morgan fingerprint density at radius 2 is 1.86 bits per heavy atom. The van der Waals surface area contributed by atoms with Crippen molar-refractivity contribution in [1.82, 2.24) is 10.3 Å². The highest BCUT2D eigenvalue weighted by Crippen LogP contribution is 2.17. The number of hydrogen-bond donors (Lipinski definition) is 2. The summed E-state index contributed by atoms with van der Waals surface area (Å²) in [5, 5.41) is 5.60. The van der Waals surface area contributed by atoms with Crippen LogP contribution in [0.5, 0.6) is 11.5 Å². The number of halogens is 1. The summed E-state index contributed by atoms with van der Waals surface area (Å²) in [4.78, 5) is 15.6. The Labute approximate surface area is 133 Å². The van der Waals surface area contributed by atoms with Gasteiger partial charge in [0.05, 0.1) is 6.61 Å². The van der Waals surface area contributed by atoms with E-state index in [4.69, 9.17) is 21.1 Å². The molecule has 0 atom stereocenters. The average Bonchev–Trinajstić information content (AvgIpc) is 2.49. The Morgan fingerprint density at radius 3 is 2.50 bits per heavy atom. The Morgan fingerprint density at radius 1 is 1.18 bits per heavy atom. The topological polar surface area (TPSA) is 72.5 Å². The molecule has 0 saturated heterocycles. The molecule has 22 heavy (non-hydrogen) atoms. The first kappa shape index (κ1) is 15.9. The van der Waals surface area contributed by atoms with Crippen LogP contribution in [0.1, 0.15) is 6.92 Å². The molecule has 0 aliphatic rings. The predicted octanol–water partition coefficient (Wildman–Crippen LogP) is 3.29. The Kier molecular flexibility index (Phi) is 5.85. The second-order valence-electron chi connectivity index (χ2n) is 4.18. The molecule has 2 aromatic rings. The fraction of sp³-hybridized carbons (Fsp3) is 0.200. The fourth-order valence-corrected chi connectivity index (χ4v) is 1.78. The monoisotopic (exact) mass is 321 g/mol. The number of carbonyl (C=O) groups excluding carboxylic acids is 1. The molecule has 6 nitrogen and oxygen atoms in total. The molecule has 2 N–H and O–H groups in total. The van der Waals surface area contributed by atoms with Crippen LogP contribution in [-0.2, 0) is 0 Å². The summed E-state index contributed by atoms with van der Waals surface area (Å²) in [7, 11) is 0. The van der Waals surface area contributed by atoms with E-state index in [0.29, 0.717) is 23.2 Å². The molecule has 0 aliphatic carbocycles. The van der Waals surface area contributed by atoms with Crippen molar-refractivity contribution in [3.8, 4) is 11.5 Å². The summed E-state index contributed by atoms with van der Waals surface area (Å²) in [5.74, 6) is 1.77. The minimum atomic E-state index is -0.430. The number of benzene rings is 1. The van der Waals surface area contributed by atoms with Crippen LogP contribution < -0.4 is 20.1 Å². The van der Waals surface area contributed by atoms with Crippen LogP contribution in [0.15, 0.2) is 42.6 Å². The molecule has 0 spiro atoms. The van der Waals surface area contributed by atoms with Gasteiger partial charge in [-0.05, 0) is 43.3 Å². The smallest absolute Gasteiger partial charge is 0.323 e. The van der Waals surface area contributed by atoms with Gasteiger partial charge in [-0.3, -0.25) is 5.32 Å². The zero-order valence-corrected chi connectivity index (χ0v) is 12.8. The van der Waals surface area contributed by atoms with Crippen molar-refractivity contribution in [2.45, 2.75) is 6.92 Å². The van der Waals surface area contributed by atoms with Crippen molar-refractivity contribution in [2.75, 3.05) is 18.7 Å². The molecule has 2 amide bonds. The maximum absolute atomic E-state index is 11.6. The van der Waals surface area contributed by atoms with Gasteiger partial charge in [-0.15, -0.1) is 0 Å². The van der Waals surface area contributed by atoms with E-state index in [0.717, 1.165) is 5.75 Å². The minimum absolute atomic E-state index is 0.0282. The Balaban J connectivity index is 1.74. The maximum atomic E-state index is 11.6. The summed E-state index contributed by atoms with van der Waals surface area (Å²) < 4.78 is 10.7. The number of aromatic nitrogens is 1. The maximum Gasteiger partial charge on any atom is 0.323 e. The molecule has 1 heterocycles. The SMILES string of the molecule is CCOc1ccc(OCNC(=O)Nc2cc(Cl)ccn2)cc1. The molecule has 0 radical (unpaired) electrons. The van der Waals surface area contributed by atoms with Crippen LogP contribution in [0.4, 0.5) is 10.6 Å². The number of nitrogens with zero attached hydrogens (tertiary/aromatic N) is 1. The van der Waals surface area contributed by atoms with Gasteiger partial charge in [0.25, 0.3) is 0 Å². The first-order chi connectivity index (χ1) is 10.7.